The van der Waals surface area contributed by atoms with Crippen LogP contribution in [0.15, 0.2) is 53.1 Å². The second-order valence-electron chi connectivity index (χ2n) is 6.84. The van der Waals surface area contributed by atoms with Gasteiger partial charge < -0.3 is 4.74 Å². The van der Waals surface area contributed by atoms with Gasteiger partial charge in [0.25, 0.3) is 0 Å². The predicted molar refractivity (Wildman–Crippen MR) is 121 cm³/mol. The van der Waals surface area contributed by atoms with Crippen molar-refractivity contribution in [3.05, 3.63) is 48.9 Å². The summed E-state index contributed by atoms with van der Waals surface area (Å²) >= 11 is 3.48. The Kier molecular flexibility index (Phi) is 4.19. The van der Waals surface area contributed by atoms with Gasteiger partial charge in [-0.1, -0.05) is 6.07 Å². The van der Waals surface area contributed by atoms with Crippen molar-refractivity contribution in [2.24, 2.45) is 0 Å². The first-order chi connectivity index (χ1) is 14.8. The first-order valence-corrected chi connectivity index (χ1v) is 11.2. The lowest BCUT2D eigenvalue weighted by Crippen LogP contribution is -1.96. The van der Waals surface area contributed by atoms with E-state index >= 15 is 0 Å². The molecule has 0 aliphatic rings. The molecule has 5 aromatic heterocycles. The molecule has 0 atom stereocenters. The third-order valence-electron chi connectivity index (χ3n) is 5.05. The lowest BCUT2D eigenvalue weighted by molar-refractivity contribution is 0.218. The van der Waals surface area contributed by atoms with Gasteiger partial charge in [0.2, 0.25) is 0 Å². The van der Waals surface area contributed by atoms with E-state index in [1.807, 2.05) is 29.0 Å². The Balaban J connectivity index is 1.60. The molecule has 0 aliphatic carbocycles. The molecular formula is C21H16N6OS2. The van der Waals surface area contributed by atoms with Gasteiger partial charge in [-0.25, -0.2) is 4.98 Å². The van der Waals surface area contributed by atoms with Crippen LogP contribution in [0.2, 0.25) is 0 Å². The summed E-state index contributed by atoms with van der Waals surface area (Å²) in [6.07, 6.45) is 5.24. The number of thiophene rings is 1. The highest BCUT2D eigenvalue weighted by molar-refractivity contribution is 8.01. The number of methoxy groups -OCH3 is 1. The number of nitrogens with one attached hydrogen (secondary N) is 1. The minimum atomic E-state index is 0.703. The van der Waals surface area contributed by atoms with Gasteiger partial charge in [0.05, 0.1) is 44.8 Å². The number of aromatic nitrogens is 6. The van der Waals surface area contributed by atoms with E-state index in [1.165, 1.54) is 4.21 Å². The van der Waals surface area contributed by atoms with E-state index in [9.17, 15) is 0 Å². The molecule has 6 rings (SSSR count). The molecule has 1 aromatic carbocycles. The van der Waals surface area contributed by atoms with Crippen LogP contribution < -0.4 is 0 Å². The van der Waals surface area contributed by atoms with Gasteiger partial charge in [-0.15, -0.1) is 23.1 Å². The third-order valence-corrected chi connectivity index (χ3v) is 7.37. The number of benzene rings is 1. The molecule has 148 valence electrons. The van der Waals surface area contributed by atoms with Crippen LogP contribution in [0.3, 0.4) is 0 Å². The molecule has 0 bridgehead atoms. The number of nitrogens with zero attached hydrogens (tertiary/aromatic N) is 5. The van der Waals surface area contributed by atoms with Gasteiger partial charge in [0, 0.05) is 41.6 Å². The molecule has 5 heterocycles. The highest BCUT2D eigenvalue weighted by Gasteiger charge is 2.18. The van der Waals surface area contributed by atoms with Gasteiger partial charge in [0.1, 0.15) is 4.83 Å². The number of pyridine rings is 1. The lowest BCUT2D eigenvalue weighted by atomic mass is 10.1. The fourth-order valence-corrected chi connectivity index (χ4v) is 6.01. The van der Waals surface area contributed by atoms with Crippen molar-refractivity contribution in [2.75, 3.05) is 19.5 Å². The summed E-state index contributed by atoms with van der Waals surface area (Å²) in [6, 6.07) is 10.3. The fraction of sp³-hybridized carbons (Fsp3) is 0.143. The van der Waals surface area contributed by atoms with Crippen molar-refractivity contribution < 1.29 is 4.74 Å². The molecule has 0 radical (unpaired) electrons. The summed E-state index contributed by atoms with van der Waals surface area (Å²) in [4.78, 5) is 14.8. The van der Waals surface area contributed by atoms with E-state index < -0.39 is 0 Å². The van der Waals surface area contributed by atoms with Gasteiger partial charge in [-0.05, 0) is 24.3 Å². The largest absolute Gasteiger partial charge is 0.384 e. The molecule has 1 N–H and O–H groups in total. The van der Waals surface area contributed by atoms with Crippen LogP contribution >= 0.6 is 23.1 Å². The molecule has 30 heavy (non-hydrogen) atoms. The lowest BCUT2D eigenvalue weighted by Gasteiger charge is -2.07. The van der Waals surface area contributed by atoms with Gasteiger partial charge in [-0.2, -0.15) is 9.73 Å². The molecule has 0 saturated heterocycles. The van der Waals surface area contributed by atoms with Gasteiger partial charge in [-0.3, -0.25) is 15.1 Å². The molecule has 0 amide bonds. The standard InChI is InChI=1S/C21H16N6OS2/c1-28-8-9-29-21-19-18-13(17-4-5-24-27(17)26-19)11-15(25-20(18)30-21)12-2-3-14-16(10-12)23-7-6-22-14/h2-7,10-11,26H,8-9H2,1H3. The Morgan fingerprint density at radius 3 is 2.90 bits per heavy atom. The van der Waals surface area contributed by atoms with E-state index in [1.54, 1.807) is 42.6 Å². The van der Waals surface area contributed by atoms with E-state index in [4.69, 9.17) is 9.72 Å². The highest BCUT2D eigenvalue weighted by Crippen LogP contribution is 2.42. The number of hydrogen-bond acceptors (Lipinski definition) is 7. The number of ether oxygens (including phenoxy) is 1. The number of hydrogen-bond donors (Lipinski definition) is 1. The SMILES string of the molecule is COCCSc1sc2nc(-c3ccc4nccnc4c3)cc3c2c1[nH]n1nccc31. The zero-order chi connectivity index (χ0) is 20.1. The summed E-state index contributed by atoms with van der Waals surface area (Å²) in [6.45, 7) is 0.703. The summed E-state index contributed by atoms with van der Waals surface area (Å²) in [5, 5.41) is 10.2. The number of rotatable bonds is 5. The molecule has 0 aliphatic heterocycles. The van der Waals surface area contributed by atoms with Gasteiger partial charge in [0.15, 0.2) is 0 Å². The molecule has 9 heteroatoms. The Labute approximate surface area is 179 Å². The highest BCUT2D eigenvalue weighted by atomic mass is 32.2. The maximum atomic E-state index is 5.22. The Morgan fingerprint density at radius 2 is 2.00 bits per heavy atom. The molecule has 7 nitrogen and oxygen atoms in total. The predicted octanol–water partition coefficient (Wildman–Crippen LogP) is 4.77. The maximum Gasteiger partial charge on any atom is 0.127 e. The third kappa shape index (κ3) is 2.78. The number of fused-ring (bicyclic) bond motifs is 3. The van der Waals surface area contributed by atoms with Crippen molar-refractivity contribution in [1.82, 2.24) is 29.8 Å². The van der Waals surface area contributed by atoms with Crippen molar-refractivity contribution in [2.45, 2.75) is 4.21 Å². The second-order valence-corrected chi connectivity index (χ2v) is 9.20. The van der Waals surface area contributed by atoms with Crippen LogP contribution in [0, 0.1) is 0 Å². The monoisotopic (exact) mass is 432 g/mol. The first-order valence-electron chi connectivity index (χ1n) is 9.43. The summed E-state index contributed by atoms with van der Waals surface area (Å²) < 4.78 is 8.25. The normalized spacial score (nSPS) is 12.0. The van der Waals surface area contributed by atoms with E-state index in [0.29, 0.717) is 6.61 Å². The molecule has 0 spiro atoms. The maximum absolute atomic E-state index is 5.22. The van der Waals surface area contributed by atoms with Crippen LogP contribution in [-0.4, -0.2) is 49.2 Å². The van der Waals surface area contributed by atoms with Crippen LogP contribution in [-0.2, 0) is 4.74 Å². The Hall–Kier alpha value is -3.01. The minimum Gasteiger partial charge on any atom is -0.384 e. The Morgan fingerprint density at radius 1 is 1.10 bits per heavy atom. The number of aromatic amines is 1. The molecule has 0 fully saturated rings. The average molecular weight is 433 g/mol. The topological polar surface area (TPSA) is 81.0 Å². The van der Waals surface area contributed by atoms with Crippen molar-refractivity contribution in [3.8, 4) is 11.3 Å². The van der Waals surface area contributed by atoms with E-state index in [0.717, 1.165) is 54.7 Å². The number of thioether (sulfide) groups is 1. The van der Waals surface area contributed by atoms with E-state index in [2.05, 4.69) is 32.3 Å². The quantitative estimate of drug-likeness (QED) is 0.312. The first kappa shape index (κ1) is 17.8. The van der Waals surface area contributed by atoms with Crippen LogP contribution in [0.5, 0.6) is 0 Å². The van der Waals surface area contributed by atoms with Gasteiger partial charge >= 0.3 is 0 Å². The summed E-state index contributed by atoms with van der Waals surface area (Å²) in [7, 11) is 1.73. The van der Waals surface area contributed by atoms with Crippen molar-refractivity contribution in [1.29, 1.82) is 0 Å². The van der Waals surface area contributed by atoms with Crippen LogP contribution in [0.25, 0.3) is 48.9 Å². The zero-order valence-electron chi connectivity index (χ0n) is 16.0. The summed E-state index contributed by atoms with van der Waals surface area (Å²) in [5.74, 6) is 0.884. The molecule has 0 unspecified atom stereocenters. The Bertz CT molecular complexity index is 1530. The smallest absolute Gasteiger partial charge is 0.127 e. The minimum absolute atomic E-state index is 0.703. The summed E-state index contributed by atoms with van der Waals surface area (Å²) in [5.41, 5.74) is 5.78. The average Bonchev–Trinajstić information content (AvgIpc) is 3.39. The molecule has 0 saturated carbocycles. The number of H-pyrrole nitrogens is 1. The zero-order valence-corrected chi connectivity index (χ0v) is 17.6. The second kappa shape index (κ2) is 7.05. The van der Waals surface area contributed by atoms with E-state index in [-0.39, 0.29) is 0 Å². The van der Waals surface area contributed by atoms with Crippen LogP contribution in [0.1, 0.15) is 0 Å². The molecular weight excluding hydrogens is 416 g/mol. The fourth-order valence-electron chi connectivity index (χ4n) is 3.67. The van der Waals surface area contributed by atoms with Crippen molar-refractivity contribution >= 4 is 60.8 Å². The molecule has 6 aromatic rings. The van der Waals surface area contributed by atoms with Crippen LogP contribution in [0.4, 0.5) is 0 Å². The van der Waals surface area contributed by atoms with Crippen molar-refractivity contribution in [3.63, 3.8) is 0 Å².